The zero-order chi connectivity index (χ0) is 16.2. The maximum atomic E-state index is 10.2. The van der Waals surface area contributed by atoms with Crippen LogP contribution < -0.4 is 4.74 Å². The van der Waals surface area contributed by atoms with Crippen molar-refractivity contribution in [3.63, 3.8) is 0 Å². The van der Waals surface area contributed by atoms with E-state index in [0.717, 1.165) is 5.56 Å². The van der Waals surface area contributed by atoms with Gasteiger partial charge in [0, 0.05) is 6.07 Å². The van der Waals surface area contributed by atoms with Crippen molar-refractivity contribution in [2.24, 2.45) is 0 Å². The fraction of sp³-hybridized carbons (Fsp3) is 0.167. The maximum Gasteiger partial charge on any atom is 0.167 e. The highest BCUT2D eigenvalue weighted by molar-refractivity contribution is 5.65. The maximum absolute atomic E-state index is 10.2. The number of aromatic nitrogens is 3. The van der Waals surface area contributed by atoms with Crippen LogP contribution in [0.2, 0.25) is 0 Å². The Balaban J connectivity index is 1.80. The first kappa shape index (κ1) is 15.0. The highest BCUT2D eigenvalue weighted by Gasteiger charge is 2.10. The molecule has 0 atom stereocenters. The number of aromatic hydroxyl groups is 1. The Labute approximate surface area is 134 Å². The van der Waals surface area contributed by atoms with E-state index in [4.69, 9.17) is 4.74 Å². The summed E-state index contributed by atoms with van der Waals surface area (Å²) in [5.74, 6) is 2.38. The van der Waals surface area contributed by atoms with Crippen molar-refractivity contribution in [1.29, 1.82) is 0 Å². The lowest BCUT2D eigenvalue weighted by Crippen LogP contribution is -1.99. The number of benzene rings is 2. The van der Waals surface area contributed by atoms with E-state index < -0.39 is 0 Å². The van der Waals surface area contributed by atoms with E-state index in [1.54, 1.807) is 32.0 Å². The number of phenolic OH excluding ortho intramolecular Hbond substituents is 1. The van der Waals surface area contributed by atoms with Crippen LogP contribution >= 0.6 is 0 Å². The molecule has 0 amide bonds. The molecular weight excluding hydrogens is 290 g/mol. The van der Waals surface area contributed by atoms with Crippen LogP contribution in [0.25, 0.3) is 11.4 Å². The van der Waals surface area contributed by atoms with Crippen LogP contribution in [0.3, 0.4) is 0 Å². The Morgan fingerprint density at radius 2 is 1.61 bits per heavy atom. The number of ether oxygens (including phenoxy) is 1. The van der Waals surface area contributed by atoms with Gasteiger partial charge in [-0.3, -0.25) is 0 Å². The summed E-state index contributed by atoms with van der Waals surface area (Å²) in [4.78, 5) is 12.7. The predicted octanol–water partition coefficient (Wildman–Crippen LogP) is 3.44. The number of hydrogen-bond donors (Lipinski definition) is 1. The van der Waals surface area contributed by atoms with Crippen molar-refractivity contribution in [2.45, 2.75) is 20.5 Å². The second-order valence-corrected chi connectivity index (χ2v) is 5.21. The first-order valence-electron chi connectivity index (χ1n) is 7.31. The molecule has 0 unspecified atom stereocenters. The van der Waals surface area contributed by atoms with Gasteiger partial charge in [0.15, 0.2) is 5.82 Å². The number of aryl methyl sites for hydroxylation is 2. The molecule has 23 heavy (non-hydrogen) atoms. The summed E-state index contributed by atoms with van der Waals surface area (Å²) in [5, 5.41) is 10.2. The first-order valence-corrected chi connectivity index (χ1v) is 7.31. The highest BCUT2D eigenvalue weighted by atomic mass is 16.5. The molecular formula is C18H17N3O2. The molecule has 0 saturated heterocycles. The average molecular weight is 307 g/mol. The number of rotatable bonds is 4. The van der Waals surface area contributed by atoms with Gasteiger partial charge in [0.05, 0.1) is 5.56 Å². The van der Waals surface area contributed by atoms with E-state index in [1.165, 1.54) is 0 Å². The first-order chi connectivity index (χ1) is 11.1. The fourth-order valence-corrected chi connectivity index (χ4v) is 2.27. The molecule has 116 valence electrons. The Hall–Kier alpha value is -2.95. The van der Waals surface area contributed by atoms with E-state index in [0.29, 0.717) is 35.4 Å². The van der Waals surface area contributed by atoms with Crippen molar-refractivity contribution < 1.29 is 9.84 Å². The number of nitrogens with zero attached hydrogens (tertiary/aromatic N) is 3. The molecule has 0 saturated carbocycles. The minimum Gasteiger partial charge on any atom is -0.507 e. The monoisotopic (exact) mass is 307 g/mol. The Morgan fingerprint density at radius 3 is 2.26 bits per heavy atom. The van der Waals surface area contributed by atoms with E-state index in [1.807, 2.05) is 30.3 Å². The quantitative estimate of drug-likeness (QED) is 0.799. The standard InChI is InChI=1S/C18H17N3O2/c1-12-19-13(2)21-18(20-12)16-9-8-15(10-17(16)22)23-11-14-6-4-3-5-7-14/h3-10,22H,11H2,1-2H3. The Kier molecular flexibility index (Phi) is 4.19. The van der Waals surface area contributed by atoms with Gasteiger partial charge in [0.25, 0.3) is 0 Å². The molecule has 0 fully saturated rings. The van der Waals surface area contributed by atoms with E-state index in [-0.39, 0.29) is 5.75 Å². The van der Waals surface area contributed by atoms with Gasteiger partial charge in [0.2, 0.25) is 0 Å². The third kappa shape index (κ3) is 3.63. The van der Waals surface area contributed by atoms with E-state index >= 15 is 0 Å². The van der Waals surface area contributed by atoms with Crippen LogP contribution in [-0.2, 0) is 6.61 Å². The van der Waals surface area contributed by atoms with Gasteiger partial charge in [-0.05, 0) is 31.5 Å². The molecule has 1 aromatic heterocycles. The molecule has 0 aliphatic carbocycles. The SMILES string of the molecule is Cc1nc(C)nc(-c2ccc(OCc3ccccc3)cc2O)n1. The molecule has 0 bridgehead atoms. The van der Waals surface area contributed by atoms with Crippen LogP contribution in [0.4, 0.5) is 0 Å². The van der Waals surface area contributed by atoms with Gasteiger partial charge in [-0.2, -0.15) is 0 Å². The summed E-state index contributed by atoms with van der Waals surface area (Å²) in [7, 11) is 0. The normalized spacial score (nSPS) is 10.5. The molecule has 0 spiro atoms. The van der Waals surface area contributed by atoms with Crippen molar-refractivity contribution in [3.8, 4) is 22.9 Å². The zero-order valence-electron chi connectivity index (χ0n) is 13.0. The summed E-state index contributed by atoms with van der Waals surface area (Å²) in [6.07, 6.45) is 0. The lowest BCUT2D eigenvalue weighted by Gasteiger charge is -2.09. The summed E-state index contributed by atoms with van der Waals surface area (Å²) in [6.45, 7) is 4.04. The molecule has 5 nitrogen and oxygen atoms in total. The highest BCUT2D eigenvalue weighted by Crippen LogP contribution is 2.30. The van der Waals surface area contributed by atoms with Crippen LogP contribution in [-0.4, -0.2) is 20.1 Å². The molecule has 5 heteroatoms. The predicted molar refractivity (Wildman–Crippen MR) is 87.2 cm³/mol. The Morgan fingerprint density at radius 1 is 0.913 bits per heavy atom. The fourth-order valence-electron chi connectivity index (χ4n) is 2.27. The van der Waals surface area contributed by atoms with Crippen LogP contribution in [0.1, 0.15) is 17.2 Å². The third-order valence-corrected chi connectivity index (χ3v) is 3.32. The van der Waals surface area contributed by atoms with Gasteiger partial charge >= 0.3 is 0 Å². The summed E-state index contributed by atoms with van der Waals surface area (Å²) < 4.78 is 5.70. The van der Waals surface area contributed by atoms with Gasteiger partial charge < -0.3 is 9.84 Å². The topological polar surface area (TPSA) is 68.1 Å². The second-order valence-electron chi connectivity index (χ2n) is 5.21. The molecule has 0 aliphatic rings. The van der Waals surface area contributed by atoms with Crippen molar-refractivity contribution in [2.75, 3.05) is 0 Å². The van der Waals surface area contributed by atoms with Crippen LogP contribution in [0, 0.1) is 13.8 Å². The summed E-state index contributed by atoms with van der Waals surface area (Å²) in [6, 6.07) is 15.0. The lowest BCUT2D eigenvalue weighted by atomic mass is 10.1. The van der Waals surface area contributed by atoms with Gasteiger partial charge in [-0.15, -0.1) is 0 Å². The summed E-state index contributed by atoms with van der Waals surface area (Å²) in [5.41, 5.74) is 1.63. The zero-order valence-corrected chi connectivity index (χ0v) is 13.0. The number of phenols is 1. The van der Waals surface area contributed by atoms with E-state index in [9.17, 15) is 5.11 Å². The minimum absolute atomic E-state index is 0.0839. The third-order valence-electron chi connectivity index (χ3n) is 3.32. The Bertz CT molecular complexity index is 800. The van der Waals surface area contributed by atoms with Crippen LogP contribution in [0.15, 0.2) is 48.5 Å². The molecule has 1 N–H and O–H groups in total. The summed E-state index contributed by atoms with van der Waals surface area (Å²) >= 11 is 0. The lowest BCUT2D eigenvalue weighted by molar-refractivity contribution is 0.304. The number of hydrogen-bond acceptors (Lipinski definition) is 5. The van der Waals surface area contributed by atoms with Gasteiger partial charge in [-0.25, -0.2) is 15.0 Å². The molecule has 0 radical (unpaired) electrons. The van der Waals surface area contributed by atoms with Crippen molar-refractivity contribution >= 4 is 0 Å². The molecule has 0 aliphatic heterocycles. The largest absolute Gasteiger partial charge is 0.507 e. The molecule has 1 heterocycles. The minimum atomic E-state index is 0.0839. The van der Waals surface area contributed by atoms with Crippen molar-refractivity contribution in [1.82, 2.24) is 15.0 Å². The van der Waals surface area contributed by atoms with Crippen LogP contribution in [0.5, 0.6) is 11.5 Å². The van der Waals surface area contributed by atoms with Gasteiger partial charge in [-0.1, -0.05) is 30.3 Å². The second kappa shape index (κ2) is 6.44. The molecule has 3 aromatic rings. The van der Waals surface area contributed by atoms with Crippen molar-refractivity contribution in [3.05, 3.63) is 65.7 Å². The molecule has 2 aromatic carbocycles. The molecule has 3 rings (SSSR count). The van der Waals surface area contributed by atoms with Gasteiger partial charge in [0.1, 0.15) is 29.8 Å². The average Bonchev–Trinajstić information content (AvgIpc) is 2.53. The van der Waals surface area contributed by atoms with E-state index in [2.05, 4.69) is 15.0 Å². The smallest absolute Gasteiger partial charge is 0.167 e.